The fourth-order valence-electron chi connectivity index (χ4n) is 0.795. The first-order valence-electron chi connectivity index (χ1n) is 4.58. The van der Waals surface area contributed by atoms with E-state index in [-0.39, 0.29) is 0 Å². The number of methoxy groups -OCH3 is 1. The molecule has 0 saturated carbocycles. The zero-order valence-corrected chi connectivity index (χ0v) is 9.83. The summed E-state index contributed by atoms with van der Waals surface area (Å²) in [5.41, 5.74) is 0. The Morgan fingerprint density at radius 2 is 1.92 bits per heavy atom. The van der Waals surface area contributed by atoms with Crippen LogP contribution in [0, 0.1) is 5.92 Å². The third kappa shape index (κ3) is 8.41. The highest BCUT2D eigenvalue weighted by Gasteiger charge is 2.12. The van der Waals surface area contributed by atoms with Gasteiger partial charge < -0.3 is 4.74 Å². The molecule has 2 heteroatoms. The molecule has 0 heterocycles. The SMILES string of the molecule is COCCC(C)CSC(C)(C)C. The minimum Gasteiger partial charge on any atom is -0.385 e. The maximum absolute atomic E-state index is 5.04. The Labute approximate surface area is 81.3 Å². The molecule has 0 aromatic carbocycles. The van der Waals surface area contributed by atoms with Gasteiger partial charge in [-0.2, -0.15) is 11.8 Å². The highest BCUT2D eigenvalue weighted by molar-refractivity contribution is 8.00. The van der Waals surface area contributed by atoms with Crippen LogP contribution in [0.25, 0.3) is 0 Å². The highest BCUT2D eigenvalue weighted by Crippen LogP contribution is 2.26. The molecule has 0 aromatic heterocycles. The Bertz CT molecular complexity index is 107. The molecule has 0 aliphatic rings. The fraction of sp³-hybridized carbons (Fsp3) is 1.00. The van der Waals surface area contributed by atoms with E-state index in [4.69, 9.17) is 4.74 Å². The number of ether oxygens (including phenoxy) is 1. The van der Waals surface area contributed by atoms with Crippen LogP contribution in [0.2, 0.25) is 0 Å². The first-order chi connectivity index (χ1) is 5.45. The van der Waals surface area contributed by atoms with E-state index in [1.807, 2.05) is 11.8 Å². The van der Waals surface area contributed by atoms with Gasteiger partial charge in [-0.3, -0.25) is 0 Å². The largest absolute Gasteiger partial charge is 0.385 e. The van der Waals surface area contributed by atoms with Crippen molar-refractivity contribution in [3.8, 4) is 0 Å². The van der Waals surface area contributed by atoms with Crippen LogP contribution in [0.3, 0.4) is 0 Å². The maximum Gasteiger partial charge on any atom is 0.0465 e. The molecule has 0 aliphatic heterocycles. The van der Waals surface area contributed by atoms with Gasteiger partial charge in [0.2, 0.25) is 0 Å². The molecule has 0 rings (SSSR count). The molecule has 0 spiro atoms. The lowest BCUT2D eigenvalue weighted by Crippen LogP contribution is -2.12. The molecule has 0 aliphatic carbocycles. The van der Waals surface area contributed by atoms with Gasteiger partial charge in [0.15, 0.2) is 0 Å². The number of rotatable bonds is 5. The molecule has 0 N–H and O–H groups in total. The first-order valence-corrected chi connectivity index (χ1v) is 5.57. The summed E-state index contributed by atoms with van der Waals surface area (Å²) in [5.74, 6) is 2.02. The van der Waals surface area contributed by atoms with E-state index in [0.29, 0.717) is 4.75 Å². The van der Waals surface area contributed by atoms with Crippen LogP contribution in [0.1, 0.15) is 34.1 Å². The predicted octanol–water partition coefficient (Wildman–Crippen LogP) is 3.19. The smallest absolute Gasteiger partial charge is 0.0465 e. The van der Waals surface area contributed by atoms with Crippen molar-refractivity contribution in [2.24, 2.45) is 5.92 Å². The van der Waals surface area contributed by atoms with E-state index in [2.05, 4.69) is 27.7 Å². The number of hydrogen-bond acceptors (Lipinski definition) is 2. The molecular weight excluding hydrogens is 168 g/mol. The Morgan fingerprint density at radius 3 is 2.33 bits per heavy atom. The van der Waals surface area contributed by atoms with E-state index >= 15 is 0 Å². The number of hydrogen-bond donors (Lipinski definition) is 0. The first kappa shape index (κ1) is 12.3. The van der Waals surface area contributed by atoms with Crippen molar-refractivity contribution in [2.75, 3.05) is 19.5 Å². The molecule has 0 saturated heterocycles. The lowest BCUT2D eigenvalue weighted by Gasteiger charge is -2.20. The van der Waals surface area contributed by atoms with Crippen molar-refractivity contribution in [2.45, 2.75) is 38.9 Å². The Hall–Kier alpha value is 0.310. The molecule has 1 nitrogen and oxygen atoms in total. The molecule has 1 unspecified atom stereocenters. The van der Waals surface area contributed by atoms with Crippen LogP contribution in [-0.2, 0) is 4.74 Å². The van der Waals surface area contributed by atoms with Crippen LogP contribution in [0.5, 0.6) is 0 Å². The summed E-state index contributed by atoms with van der Waals surface area (Å²) >= 11 is 2.04. The van der Waals surface area contributed by atoms with Crippen LogP contribution in [0.4, 0.5) is 0 Å². The van der Waals surface area contributed by atoms with Gasteiger partial charge in [-0.05, 0) is 18.1 Å². The summed E-state index contributed by atoms with van der Waals surface area (Å²) in [7, 11) is 1.77. The van der Waals surface area contributed by atoms with E-state index in [0.717, 1.165) is 12.5 Å². The second-order valence-electron chi connectivity index (χ2n) is 4.31. The van der Waals surface area contributed by atoms with E-state index in [9.17, 15) is 0 Å². The highest BCUT2D eigenvalue weighted by atomic mass is 32.2. The third-order valence-electron chi connectivity index (χ3n) is 1.62. The van der Waals surface area contributed by atoms with Crippen LogP contribution in [0.15, 0.2) is 0 Å². The van der Waals surface area contributed by atoms with Crippen LogP contribution < -0.4 is 0 Å². The zero-order chi connectivity index (χ0) is 9.61. The summed E-state index contributed by atoms with van der Waals surface area (Å²) in [4.78, 5) is 0. The molecule has 0 radical (unpaired) electrons. The molecule has 12 heavy (non-hydrogen) atoms. The maximum atomic E-state index is 5.04. The van der Waals surface area contributed by atoms with Crippen molar-refractivity contribution in [3.05, 3.63) is 0 Å². The Balaban J connectivity index is 3.37. The topological polar surface area (TPSA) is 9.23 Å². The molecule has 74 valence electrons. The van der Waals surface area contributed by atoms with Crippen molar-refractivity contribution < 1.29 is 4.74 Å². The van der Waals surface area contributed by atoms with Gasteiger partial charge in [-0.25, -0.2) is 0 Å². The molecular formula is C10H22OS. The van der Waals surface area contributed by atoms with Crippen LogP contribution >= 0.6 is 11.8 Å². The molecule has 0 bridgehead atoms. The average Bonchev–Trinajstić information content (AvgIpc) is 1.95. The van der Waals surface area contributed by atoms with Crippen LogP contribution in [-0.4, -0.2) is 24.2 Å². The van der Waals surface area contributed by atoms with Gasteiger partial charge in [0, 0.05) is 18.5 Å². The second-order valence-corrected chi connectivity index (χ2v) is 6.16. The minimum atomic E-state index is 0.404. The Morgan fingerprint density at radius 1 is 1.33 bits per heavy atom. The number of thioether (sulfide) groups is 1. The monoisotopic (exact) mass is 190 g/mol. The lowest BCUT2D eigenvalue weighted by atomic mass is 10.1. The van der Waals surface area contributed by atoms with Gasteiger partial charge in [0.25, 0.3) is 0 Å². The summed E-state index contributed by atoms with van der Waals surface area (Å²) in [5, 5.41) is 0. The summed E-state index contributed by atoms with van der Waals surface area (Å²) < 4.78 is 5.44. The zero-order valence-electron chi connectivity index (χ0n) is 9.02. The lowest BCUT2D eigenvalue weighted by molar-refractivity contribution is 0.183. The normalized spacial score (nSPS) is 14.8. The van der Waals surface area contributed by atoms with E-state index in [1.165, 1.54) is 12.2 Å². The minimum absolute atomic E-state index is 0.404. The van der Waals surface area contributed by atoms with Gasteiger partial charge in [0.05, 0.1) is 0 Å². The average molecular weight is 190 g/mol. The molecule has 0 fully saturated rings. The van der Waals surface area contributed by atoms with Gasteiger partial charge in [-0.15, -0.1) is 0 Å². The molecule has 0 aromatic rings. The van der Waals surface area contributed by atoms with E-state index < -0.39 is 0 Å². The Kier molecular flexibility index (Phi) is 6.02. The van der Waals surface area contributed by atoms with Crippen molar-refractivity contribution >= 4 is 11.8 Å². The second kappa shape index (κ2) is 5.87. The molecule has 1 atom stereocenters. The standard InChI is InChI=1S/C10H22OS/c1-9(6-7-11-5)8-12-10(2,3)4/h9H,6-8H2,1-5H3. The van der Waals surface area contributed by atoms with Crippen molar-refractivity contribution in [3.63, 3.8) is 0 Å². The van der Waals surface area contributed by atoms with E-state index in [1.54, 1.807) is 7.11 Å². The van der Waals surface area contributed by atoms with Gasteiger partial charge >= 0.3 is 0 Å². The van der Waals surface area contributed by atoms with Crippen molar-refractivity contribution in [1.82, 2.24) is 0 Å². The summed E-state index contributed by atoms with van der Waals surface area (Å²) in [6, 6.07) is 0. The molecule has 0 amide bonds. The quantitative estimate of drug-likeness (QED) is 0.658. The van der Waals surface area contributed by atoms with Gasteiger partial charge in [0.1, 0.15) is 0 Å². The van der Waals surface area contributed by atoms with Gasteiger partial charge in [-0.1, -0.05) is 27.7 Å². The summed E-state index contributed by atoms with van der Waals surface area (Å²) in [6.07, 6.45) is 1.18. The predicted molar refractivity (Wildman–Crippen MR) is 57.9 cm³/mol. The fourth-order valence-corrected chi connectivity index (χ4v) is 1.75. The summed E-state index contributed by atoms with van der Waals surface area (Å²) in [6.45, 7) is 9.98. The van der Waals surface area contributed by atoms with Crippen molar-refractivity contribution in [1.29, 1.82) is 0 Å². The third-order valence-corrected chi connectivity index (χ3v) is 3.22.